The first-order valence-electron chi connectivity index (χ1n) is 14.7. The van der Waals surface area contributed by atoms with Crippen LogP contribution in [0.4, 0.5) is 4.39 Å². The molecular formula is C31H40BBrFN5O4Si. The summed E-state index contributed by atoms with van der Waals surface area (Å²) in [4.78, 5) is 17.5. The Bertz CT molecular complexity index is 1710. The molecule has 1 atom stereocenters. The minimum atomic E-state index is -1.99. The molecule has 0 radical (unpaired) electrons. The number of aryl methyl sites for hydroxylation is 2. The van der Waals surface area contributed by atoms with Crippen molar-refractivity contribution in [2.24, 2.45) is 7.05 Å². The molecule has 4 heterocycles. The molecule has 13 heteroatoms. The van der Waals surface area contributed by atoms with Crippen LogP contribution in [0.15, 0.2) is 41.3 Å². The zero-order valence-corrected chi connectivity index (χ0v) is 29.7. The van der Waals surface area contributed by atoms with Crippen LogP contribution in [0.5, 0.6) is 11.8 Å². The molecule has 1 aliphatic rings. The van der Waals surface area contributed by atoms with Crippen LogP contribution in [0.3, 0.4) is 0 Å². The van der Waals surface area contributed by atoms with Gasteiger partial charge in [-0.1, -0.05) is 26.8 Å². The highest BCUT2D eigenvalue weighted by molar-refractivity contribution is 9.10. The number of rotatable bonds is 8. The highest BCUT2D eigenvalue weighted by atomic mass is 79.9. The van der Waals surface area contributed by atoms with E-state index in [1.165, 1.54) is 12.1 Å². The van der Waals surface area contributed by atoms with E-state index in [0.717, 1.165) is 32.6 Å². The van der Waals surface area contributed by atoms with Crippen LogP contribution >= 0.6 is 15.9 Å². The van der Waals surface area contributed by atoms with Crippen molar-refractivity contribution in [3.05, 3.63) is 64.2 Å². The molecule has 1 saturated heterocycles. The molecule has 5 rings (SSSR count). The Balaban J connectivity index is 1.40. The number of aromatic nitrogens is 5. The van der Waals surface area contributed by atoms with Crippen LogP contribution in [0.25, 0.3) is 11.0 Å². The zero-order chi connectivity index (χ0) is 32.2. The van der Waals surface area contributed by atoms with Crippen molar-refractivity contribution in [3.8, 4) is 11.8 Å². The third kappa shape index (κ3) is 6.09. The van der Waals surface area contributed by atoms with Crippen LogP contribution in [0.2, 0.25) is 18.1 Å². The van der Waals surface area contributed by atoms with E-state index >= 15 is 4.39 Å². The van der Waals surface area contributed by atoms with Gasteiger partial charge in [0.15, 0.2) is 19.9 Å². The number of nitrogens with zero attached hydrogens (tertiary/aromatic N) is 5. The predicted octanol–water partition coefficient (Wildman–Crippen LogP) is 6.80. The molecule has 4 aromatic rings. The maximum Gasteiger partial charge on any atom is 0.494 e. The zero-order valence-electron chi connectivity index (χ0n) is 27.1. The number of hydrogen-bond acceptors (Lipinski definition) is 8. The lowest BCUT2D eigenvalue weighted by atomic mass is 9.79. The standard InChI is InChI=1S/C31H40BBrFN5O4Si/c1-19-13-14-35-28(38-19)41-24-12-11-20(15-21(24)34)32-42-30(5,6)31(7,43-32)16-23-26(33)25-22(36-18-37-27(25)39(23)8)17-40-44(9,10)29(2,3)4/h11-15,18H,16-17H2,1-10H3. The number of ether oxygens (including phenoxy) is 1. The summed E-state index contributed by atoms with van der Waals surface area (Å²) in [6.45, 7) is 19.4. The van der Waals surface area contributed by atoms with Crippen LogP contribution < -0.4 is 10.2 Å². The van der Waals surface area contributed by atoms with Gasteiger partial charge in [-0.3, -0.25) is 0 Å². The number of hydrogen-bond donors (Lipinski definition) is 0. The molecule has 1 fully saturated rings. The minimum absolute atomic E-state index is 0.0215. The van der Waals surface area contributed by atoms with Gasteiger partial charge >= 0.3 is 13.1 Å². The lowest BCUT2D eigenvalue weighted by Crippen LogP contribution is -2.47. The van der Waals surface area contributed by atoms with Crippen molar-refractivity contribution < 1.29 is 22.9 Å². The van der Waals surface area contributed by atoms with Gasteiger partial charge in [-0.05, 0) is 85.4 Å². The Morgan fingerprint density at radius 3 is 2.48 bits per heavy atom. The van der Waals surface area contributed by atoms with E-state index in [2.05, 4.69) is 74.3 Å². The Labute approximate surface area is 268 Å². The topological polar surface area (TPSA) is 93.4 Å². The molecular weight excluding hydrogens is 644 g/mol. The molecule has 3 aromatic heterocycles. The van der Waals surface area contributed by atoms with Crippen LogP contribution in [0.1, 0.15) is 58.6 Å². The van der Waals surface area contributed by atoms with E-state index < -0.39 is 32.5 Å². The van der Waals surface area contributed by atoms with E-state index in [1.807, 2.05) is 34.7 Å². The summed E-state index contributed by atoms with van der Waals surface area (Å²) in [6, 6.07) is 6.47. The van der Waals surface area contributed by atoms with Gasteiger partial charge < -0.3 is 23.0 Å². The minimum Gasteiger partial charge on any atom is -0.421 e. The number of halogens is 2. The average Bonchev–Trinajstić information content (AvgIpc) is 3.32. The first kappa shape index (κ1) is 32.7. The third-order valence-corrected chi connectivity index (χ3v) is 14.6. The molecule has 1 aliphatic heterocycles. The van der Waals surface area contributed by atoms with E-state index in [0.29, 0.717) is 18.5 Å². The summed E-state index contributed by atoms with van der Waals surface area (Å²) in [7, 11) is -0.782. The fourth-order valence-corrected chi connectivity index (χ4v) is 6.65. The van der Waals surface area contributed by atoms with Gasteiger partial charge in [0.05, 0.1) is 33.4 Å². The maximum atomic E-state index is 15.2. The molecule has 0 aliphatic carbocycles. The summed E-state index contributed by atoms with van der Waals surface area (Å²) in [6.07, 6.45) is 3.66. The highest BCUT2D eigenvalue weighted by Crippen LogP contribution is 2.43. The molecule has 234 valence electrons. The van der Waals surface area contributed by atoms with E-state index in [1.54, 1.807) is 24.7 Å². The normalized spacial score (nSPS) is 18.8. The smallest absolute Gasteiger partial charge is 0.421 e. The van der Waals surface area contributed by atoms with Gasteiger partial charge in [0.2, 0.25) is 0 Å². The molecule has 0 spiro atoms. The van der Waals surface area contributed by atoms with Crippen LogP contribution in [0, 0.1) is 12.7 Å². The van der Waals surface area contributed by atoms with Crippen molar-refractivity contribution in [2.75, 3.05) is 0 Å². The second kappa shape index (κ2) is 11.6. The Hall–Kier alpha value is -2.71. The first-order valence-corrected chi connectivity index (χ1v) is 18.4. The fourth-order valence-electron chi connectivity index (χ4n) is 4.91. The van der Waals surface area contributed by atoms with Crippen LogP contribution in [-0.4, -0.2) is 51.1 Å². The molecule has 9 nitrogen and oxygen atoms in total. The second-order valence-electron chi connectivity index (χ2n) is 13.6. The Kier molecular flexibility index (Phi) is 8.60. The first-order chi connectivity index (χ1) is 20.4. The molecule has 0 bridgehead atoms. The van der Waals surface area contributed by atoms with Crippen molar-refractivity contribution >= 4 is 47.9 Å². The summed E-state index contributed by atoms with van der Waals surface area (Å²) in [5.74, 6) is -0.540. The largest absolute Gasteiger partial charge is 0.494 e. The van der Waals surface area contributed by atoms with Gasteiger partial charge in [0.1, 0.15) is 12.0 Å². The van der Waals surface area contributed by atoms with E-state index in [9.17, 15) is 0 Å². The summed E-state index contributed by atoms with van der Waals surface area (Å²) in [5, 5.41) is 1.01. The van der Waals surface area contributed by atoms with Crippen molar-refractivity contribution in [1.29, 1.82) is 0 Å². The molecule has 0 saturated carbocycles. The Morgan fingerprint density at radius 1 is 1.09 bits per heavy atom. The molecule has 1 unspecified atom stereocenters. The van der Waals surface area contributed by atoms with Gasteiger partial charge in [-0.2, -0.15) is 0 Å². The highest BCUT2D eigenvalue weighted by Gasteiger charge is 2.55. The van der Waals surface area contributed by atoms with E-state index in [-0.39, 0.29) is 16.8 Å². The monoisotopic (exact) mass is 683 g/mol. The molecule has 0 amide bonds. The summed E-state index contributed by atoms with van der Waals surface area (Å²) in [5.41, 5.74) is 2.42. The molecule has 44 heavy (non-hydrogen) atoms. The summed E-state index contributed by atoms with van der Waals surface area (Å²) >= 11 is 3.88. The van der Waals surface area contributed by atoms with Crippen molar-refractivity contribution in [2.45, 2.75) is 90.8 Å². The molecule has 1 aromatic carbocycles. The van der Waals surface area contributed by atoms with Gasteiger partial charge in [0.25, 0.3) is 0 Å². The second-order valence-corrected chi connectivity index (χ2v) is 19.2. The quantitative estimate of drug-likeness (QED) is 0.187. The van der Waals surface area contributed by atoms with Gasteiger partial charge in [-0.25, -0.2) is 24.3 Å². The third-order valence-electron chi connectivity index (χ3n) is 9.23. The number of benzene rings is 1. The lowest BCUT2D eigenvalue weighted by molar-refractivity contribution is -0.00992. The lowest BCUT2D eigenvalue weighted by Gasteiger charge is -2.36. The SMILES string of the molecule is Cc1ccnc(Oc2ccc(B3OC(C)(C)C(C)(Cc4c(Br)c5c(CO[Si](C)(C)C(C)(C)C)ncnc5n4C)O3)cc2F)n1. The van der Waals surface area contributed by atoms with Gasteiger partial charge in [0, 0.05) is 31.1 Å². The Morgan fingerprint density at radius 2 is 1.82 bits per heavy atom. The average molecular weight is 684 g/mol. The fraction of sp³-hybridized carbons (Fsp3) is 0.484. The maximum absolute atomic E-state index is 15.2. The summed E-state index contributed by atoms with van der Waals surface area (Å²) < 4.78 is 43.3. The van der Waals surface area contributed by atoms with E-state index in [4.69, 9.17) is 18.5 Å². The van der Waals surface area contributed by atoms with Crippen molar-refractivity contribution in [3.63, 3.8) is 0 Å². The van der Waals surface area contributed by atoms with Crippen molar-refractivity contribution in [1.82, 2.24) is 24.5 Å². The van der Waals surface area contributed by atoms with Crippen LogP contribution in [-0.2, 0) is 33.8 Å². The predicted molar refractivity (Wildman–Crippen MR) is 175 cm³/mol. The molecule has 0 N–H and O–H groups in total. The van der Waals surface area contributed by atoms with Gasteiger partial charge in [-0.15, -0.1) is 0 Å². The number of fused-ring (bicyclic) bond motifs is 1.